The molecule has 84 valence electrons. The fourth-order valence-corrected chi connectivity index (χ4v) is 2.14. The molecule has 1 rings (SSSR count). The number of halogens is 2. The van der Waals surface area contributed by atoms with Crippen molar-refractivity contribution in [1.29, 1.82) is 0 Å². The molecule has 0 fully saturated rings. The lowest BCUT2D eigenvalue weighted by molar-refractivity contribution is 0.337. The van der Waals surface area contributed by atoms with E-state index in [2.05, 4.69) is 4.18 Å². The van der Waals surface area contributed by atoms with Crippen LogP contribution in [0, 0.1) is 11.6 Å². The predicted molar refractivity (Wildman–Crippen MR) is 50.6 cm³/mol. The first kappa shape index (κ1) is 12.1. The highest BCUT2D eigenvalue weighted by molar-refractivity contribution is 7.85. The molecule has 3 nitrogen and oxygen atoms in total. The molecule has 0 N–H and O–H groups in total. The van der Waals surface area contributed by atoms with E-state index in [9.17, 15) is 17.2 Å². The molecule has 15 heavy (non-hydrogen) atoms. The first-order chi connectivity index (χ1) is 6.93. The van der Waals surface area contributed by atoms with Crippen LogP contribution >= 0.6 is 0 Å². The lowest BCUT2D eigenvalue weighted by Crippen LogP contribution is -2.08. The first-order valence-corrected chi connectivity index (χ1v) is 5.83. The van der Waals surface area contributed by atoms with Gasteiger partial charge in [-0.25, -0.2) is 8.78 Å². The Labute approximate surface area is 86.8 Å². The summed E-state index contributed by atoms with van der Waals surface area (Å²) in [6.07, 6.45) is 0. The van der Waals surface area contributed by atoms with E-state index in [0.29, 0.717) is 6.07 Å². The van der Waals surface area contributed by atoms with E-state index in [1.807, 2.05) is 0 Å². The van der Waals surface area contributed by atoms with Gasteiger partial charge in [-0.2, -0.15) is 8.42 Å². The standard InChI is InChI=1S/C9H10F2O3S/c1-2-14-15(12,13)6-7-3-8(10)5-9(11)4-7/h3-5H,2,6H2,1H3. The molecule has 6 heteroatoms. The fraction of sp³-hybridized carbons (Fsp3) is 0.333. The Morgan fingerprint density at radius 1 is 1.20 bits per heavy atom. The quantitative estimate of drug-likeness (QED) is 0.749. The normalized spacial score (nSPS) is 11.7. The van der Waals surface area contributed by atoms with E-state index in [-0.39, 0.29) is 12.2 Å². The van der Waals surface area contributed by atoms with Crippen molar-refractivity contribution >= 4 is 10.1 Å². The zero-order valence-corrected chi connectivity index (χ0v) is 8.85. The Balaban J connectivity index is 2.90. The minimum absolute atomic E-state index is 0.000130. The van der Waals surface area contributed by atoms with Gasteiger partial charge in [0.25, 0.3) is 10.1 Å². The summed E-state index contributed by atoms with van der Waals surface area (Å²) < 4.78 is 52.2. The molecule has 0 heterocycles. The number of hydrogen-bond donors (Lipinski definition) is 0. The minimum Gasteiger partial charge on any atom is -0.270 e. The molecule has 0 radical (unpaired) electrons. The molecule has 0 aliphatic rings. The van der Waals surface area contributed by atoms with Gasteiger partial charge in [0, 0.05) is 6.07 Å². The van der Waals surface area contributed by atoms with Gasteiger partial charge >= 0.3 is 0 Å². The number of hydrogen-bond acceptors (Lipinski definition) is 3. The molecule has 0 saturated heterocycles. The van der Waals surface area contributed by atoms with Crippen molar-refractivity contribution in [2.24, 2.45) is 0 Å². The van der Waals surface area contributed by atoms with Gasteiger partial charge in [-0.3, -0.25) is 4.18 Å². The van der Waals surface area contributed by atoms with Crippen LogP contribution < -0.4 is 0 Å². The number of benzene rings is 1. The van der Waals surface area contributed by atoms with E-state index >= 15 is 0 Å². The molecule has 0 atom stereocenters. The zero-order valence-electron chi connectivity index (χ0n) is 8.04. The summed E-state index contributed by atoms with van der Waals surface area (Å²) in [4.78, 5) is 0. The van der Waals surface area contributed by atoms with Crippen LogP contribution in [0.15, 0.2) is 18.2 Å². The molecule has 0 amide bonds. The largest absolute Gasteiger partial charge is 0.271 e. The second-order valence-corrected chi connectivity index (χ2v) is 4.53. The third-order valence-electron chi connectivity index (χ3n) is 1.56. The molecular formula is C9H10F2O3S. The van der Waals surface area contributed by atoms with Gasteiger partial charge in [-0.15, -0.1) is 0 Å². The van der Waals surface area contributed by atoms with E-state index < -0.39 is 27.5 Å². The van der Waals surface area contributed by atoms with Crippen LogP contribution in [0.1, 0.15) is 12.5 Å². The van der Waals surface area contributed by atoms with E-state index in [1.165, 1.54) is 6.92 Å². The van der Waals surface area contributed by atoms with Crippen molar-refractivity contribution < 1.29 is 21.4 Å². The molecule has 0 unspecified atom stereocenters. The molecule has 0 saturated carbocycles. The van der Waals surface area contributed by atoms with Gasteiger partial charge in [0.05, 0.1) is 6.61 Å². The summed E-state index contributed by atoms with van der Waals surface area (Å²) in [5.41, 5.74) is 0.0287. The highest BCUT2D eigenvalue weighted by Gasteiger charge is 2.12. The predicted octanol–water partition coefficient (Wildman–Crippen LogP) is 1.83. The molecule has 0 bridgehead atoms. The second kappa shape index (κ2) is 4.67. The summed E-state index contributed by atoms with van der Waals surface area (Å²) in [5, 5.41) is 0. The Bertz CT molecular complexity index is 422. The van der Waals surface area contributed by atoms with Gasteiger partial charge in [0.2, 0.25) is 0 Å². The van der Waals surface area contributed by atoms with Crippen molar-refractivity contribution in [3.05, 3.63) is 35.4 Å². The van der Waals surface area contributed by atoms with E-state index in [0.717, 1.165) is 12.1 Å². The third-order valence-corrected chi connectivity index (χ3v) is 2.84. The summed E-state index contributed by atoms with van der Waals surface area (Å²) in [7, 11) is -3.75. The summed E-state index contributed by atoms with van der Waals surface area (Å²) in [6, 6.07) is 2.59. The molecule has 0 aliphatic heterocycles. The molecular weight excluding hydrogens is 226 g/mol. The van der Waals surface area contributed by atoms with Crippen LogP contribution in [0.4, 0.5) is 8.78 Å². The Kier molecular flexibility index (Phi) is 3.76. The van der Waals surface area contributed by atoms with Crippen LogP contribution in [0.3, 0.4) is 0 Å². The van der Waals surface area contributed by atoms with E-state index in [1.54, 1.807) is 0 Å². The summed E-state index contributed by atoms with van der Waals surface area (Å²) in [5.74, 6) is -2.15. The lowest BCUT2D eigenvalue weighted by atomic mass is 10.2. The van der Waals surface area contributed by atoms with Gasteiger partial charge in [0.15, 0.2) is 0 Å². The Morgan fingerprint density at radius 2 is 1.73 bits per heavy atom. The third kappa shape index (κ3) is 3.93. The topological polar surface area (TPSA) is 43.4 Å². The maximum atomic E-state index is 12.7. The molecule has 0 aliphatic carbocycles. The highest BCUT2D eigenvalue weighted by atomic mass is 32.2. The molecule has 0 spiro atoms. The maximum absolute atomic E-state index is 12.7. The second-order valence-electron chi connectivity index (χ2n) is 2.89. The fourth-order valence-electron chi connectivity index (χ4n) is 1.12. The summed E-state index contributed by atoms with van der Waals surface area (Å²) >= 11 is 0. The van der Waals surface area contributed by atoms with Gasteiger partial charge in [-0.1, -0.05) is 0 Å². The molecule has 0 aromatic heterocycles. The van der Waals surface area contributed by atoms with Gasteiger partial charge < -0.3 is 0 Å². The van der Waals surface area contributed by atoms with Crippen molar-refractivity contribution in [1.82, 2.24) is 0 Å². The SMILES string of the molecule is CCOS(=O)(=O)Cc1cc(F)cc(F)c1. The van der Waals surface area contributed by atoms with Crippen molar-refractivity contribution in [2.75, 3.05) is 6.61 Å². The van der Waals surface area contributed by atoms with Crippen LogP contribution in [0.5, 0.6) is 0 Å². The van der Waals surface area contributed by atoms with Crippen molar-refractivity contribution in [3.8, 4) is 0 Å². The van der Waals surface area contributed by atoms with Crippen LogP contribution in [0.2, 0.25) is 0 Å². The first-order valence-electron chi connectivity index (χ1n) is 4.25. The minimum atomic E-state index is -3.75. The molecule has 1 aromatic rings. The number of rotatable bonds is 4. The van der Waals surface area contributed by atoms with Crippen molar-refractivity contribution in [3.63, 3.8) is 0 Å². The molecule has 1 aromatic carbocycles. The van der Waals surface area contributed by atoms with Crippen LogP contribution in [0.25, 0.3) is 0 Å². The zero-order chi connectivity index (χ0) is 11.5. The maximum Gasteiger partial charge on any atom is 0.271 e. The Hall–Kier alpha value is -1.01. The highest BCUT2D eigenvalue weighted by Crippen LogP contribution is 2.12. The van der Waals surface area contributed by atoms with Gasteiger partial charge in [0.1, 0.15) is 17.4 Å². The average Bonchev–Trinajstić information content (AvgIpc) is 1.99. The smallest absolute Gasteiger partial charge is 0.270 e. The monoisotopic (exact) mass is 236 g/mol. The van der Waals surface area contributed by atoms with Crippen molar-refractivity contribution in [2.45, 2.75) is 12.7 Å². The van der Waals surface area contributed by atoms with Crippen LogP contribution in [-0.2, 0) is 20.1 Å². The average molecular weight is 236 g/mol. The summed E-state index contributed by atoms with van der Waals surface area (Å²) in [6.45, 7) is 1.52. The van der Waals surface area contributed by atoms with Gasteiger partial charge in [-0.05, 0) is 24.6 Å². The van der Waals surface area contributed by atoms with E-state index in [4.69, 9.17) is 0 Å². The lowest BCUT2D eigenvalue weighted by Gasteiger charge is -2.03. The van der Waals surface area contributed by atoms with Crippen LogP contribution in [-0.4, -0.2) is 15.0 Å². The Morgan fingerprint density at radius 3 is 2.20 bits per heavy atom.